The van der Waals surface area contributed by atoms with E-state index >= 15 is 0 Å². The van der Waals surface area contributed by atoms with E-state index < -0.39 is 15.8 Å². The molecule has 2 rings (SSSR count). The monoisotopic (exact) mass is 315 g/mol. The molecule has 7 heteroatoms. The summed E-state index contributed by atoms with van der Waals surface area (Å²) in [7, 11) is 0.304. The minimum Gasteiger partial charge on any atom is -0.398 e. The molecule has 0 aliphatic carbocycles. The van der Waals surface area contributed by atoms with Gasteiger partial charge in [-0.15, -0.1) is 0 Å². The Bertz CT molecular complexity index is 600. The van der Waals surface area contributed by atoms with Crippen LogP contribution in [-0.2, 0) is 10.0 Å². The van der Waals surface area contributed by atoms with Gasteiger partial charge in [0, 0.05) is 30.4 Å². The molecule has 0 bridgehead atoms. The summed E-state index contributed by atoms with van der Waals surface area (Å²) in [6.07, 6.45) is 1.55. The van der Waals surface area contributed by atoms with Crippen molar-refractivity contribution in [2.45, 2.75) is 30.7 Å². The SMILES string of the molecule is Cc1c(N)cc(S(=O)(=O)N2CCC(N(C)C)CC2)cc1F. The van der Waals surface area contributed by atoms with Crippen molar-refractivity contribution in [2.24, 2.45) is 0 Å². The quantitative estimate of drug-likeness (QED) is 0.857. The normalized spacial score (nSPS) is 18.3. The zero-order valence-corrected chi connectivity index (χ0v) is 13.5. The van der Waals surface area contributed by atoms with Crippen LogP contribution in [-0.4, -0.2) is 50.8 Å². The van der Waals surface area contributed by atoms with E-state index in [-0.39, 0.29) is 16.1 Å². The highest BCUT2D eigenvalue weighted by Gasteiger charge is 2.30. The average molecular weight is 315 g/mol. The van der Waals surface area contributed by atoms with Crippen molar-refractivity contribution in [3.8, 4) is 0 Å². The van der Waals surface area contributed by atoms with Crippen LogP contribution in [0.15, 0.2) is 17.0 Å². The fraction of sp³-hybridized carbons (Fsp3) is 0.571. The van der Waals surface area contributed by atoms with Crippen molar-refractivity contribution >= 4 is 15.7 Å². The third-order valence-electron chi connectivity index (χ3n) is 4.15. The smallest absolute Gasteiger partial charge is 0.243 e. The third kappa shape index (κ3) is 3.20. The summed E-state index contributed by atoms with van der Waals surface area (Å²) in [5.41, 5.74) is 6.12. The van der Waals surface area contributed by atoms with Crippen LogP contribution in [0.1, 0.15) is 18.4 Å². The number of nitrogen functional groups attached to an aromatic ring is 1. The number of anilines is 1. The van der Waals surface area contributed by atoms with Gasteiger partial charge in [0.05, 0.1) is 4.90 Å². The van der Waals surface area contributed by atoms with Gasteiger partial charge in [0.15, 0.2) is 0 Å². The van der Waals surface area contributed by atoms with Crippen molar-refractivity contribution in [1.82, 2.24) is 9.21 Å². The highest BCUT2D eigenvalue weighted by molar-refractivity contribution is 7.89. The summed E-state index contributed by atoms with van der Waals surface area (Å²) in [5.74, 6) is -0.586. The van der Waals surface area contributed by atoms with Gasteiger partial charge >= 0.3 is 0 Å². The first-order valence-electron chi connectivity index (χ1n) is 6.95. The summed E-state index contributed by atoms with van der Waals surface area (Å²) in [5, 5.41) is 0. The van der Waals surface area contributed by atoms with Crippen molar-refractivity contribution in [3.05, 3.63) is 23.5 Å². The second-order valence-corrected chi connectivity index (χ2v) is 7.66. The molecule has 118 valence electrons. The molecule has 0 aromatic heterocycles. The van der Waals surface area contributed by atoms with E-state index in [1.165, 1.54) is 17.3 Å². The fourth-order valence-electron chi connectivity index (χ4n) is 2.57. The highest BCUT2D eigenvalue weighted by atomic mass is 32.2. The molecule has 1 aliphatic heterocycles. The maximum atomic E-state index is 13.7. The van der Waals surface area contributed by atoms with Gasteiger partial charge in [0.25, 0.3) is 0 Å². The maximum absolute atomic E-state index is 13.7. The van der Waals surface area contributed by atoms with Gasteiger partial charge in [0.1, 0.15) is 5.82 Å². The summed E-state index contributed by atoms with van der Waals surface area (Å²) in [6, 6.07) is 2.78. The largest absolute Gasteiger partial charge is 0.398 e. The number of benzene rings is 1. The number of hydrogen-bond donors (Lipinski definition) is 1. The first-order valence-corrected chi connectivity index (χ1v) is 8.39. The second kappa shape index (κ2) is 5.90. The van der Waals surface area contributed by atoms with Gasteiger partial charge in [0.2, 0.25) is 10.0 Å². The number of sulfonamides is 1. The molecule has 2 N–H and O–H groups in total. The van der Waals surface area contributed by atoms with Gasteiger partial charge in [-0.25, -0.2) is 12.8 Å². The van der Waals surface area contributed by atoms with Crippen molar-refractivity contribution in [3.63, 3.8) is 0 Å². The van der Waals surface area contributed by atoms with E-state index in [1.54, 1.807) is 0 Å². The maximum Gasteiger partial charge on any atom is 0.243 e. The molecule has 0 amide bonds. The highest BCUT2D eigenvalue weighted by Crippen LogP contribution is 2.26. The first kappa shape index (κ1) is 16.2. The van der Waals surface area contributed by atoms with E-state index in [4.69, 9.17) is 5.73 Å². The predicted molar refractivity (Wildman–Crippen MR) is 81.0 cm³/mol. The Labute approximate surface area is 125 Å². The molecule has 1 saturated heterocycles. The lowest BCUT2D eigenvalue weighted by Gasteiger charge is -2.34. The Balaban J connectivity index is 2.24. The van der Waals surface area contributed by atoms with Crippen molar-refractivity contribution in [1.29, 1.82) is 0 Å². The Morgan fingerprint density at radius 3 is 2.33 bits per heavy atom. The van der Waals surface area contributed by atoms with Gasteiger partial charge in [-0.1, -0.05) is 0 Å². The van der Waals surface area contributed by atoms with E-state index in [0.29, 0.717) is 19.1 Å². The van der Waals surface area contributed by atoms with Gasteiger partial charge in [-0.3, -0.25) is 0 Å². The molecule has 0 unspecified atom stereocenters. The molecule has 1 aromatic rings. The molecule has 5 nitrogen and oxygen atoms in total. The fourth-order valence-corrected chi connectivity index (χ4v) is 4.09. The number of halogens is 1. The number of nitrogens with two attached hydrogens (primary N) is 1. The molecule has 0 radical (unpaired) electrons. The number of rotatable bonds is 3. The zero-order chi connectivity index (χ0) is 15.8. The topological polar surface area (TPSA) is 66.6 Å². The van der Waals surface area contributed by atoms with Gasteiger partial charge < -0.3 is 10.6 Å². The summed E-state index contributed by atoms with van der Waals surface area (Å²) in [4.78, 5) is 2.04. The number of hydrogen-bond acceptors (Lipinski definition) is 4. The standard InChI is InChI=1S/C14H22FN3O2S/c1-10-13(15)8-12(9-14(10)16)21(19,20)18-6-4-11(5-7-18)17(2)3/h8-9,11H,4-7,16H2,1-3H3. The van der Waals surface area contributed by atoms with Crippen LogP contribution in [0.2, 0.25) is 0 Å². The summed E-state index contributed by atoms with van der Waals surface area (Å²) >= 11 is 0. The number of nitrogens with zero attached hydrogens (tertiary/aromatic N) is 2. The third-order valence-corrected chi connectivity index (χ3v) is 6.03. The number of piperidine rings is 1. The minimum absolute atomic E-state index is 0.0635. The minimum atomic E-state index is -3.68. The van der Waals surface area contributed by atoms with Crippen LogP contribution in [0, 0.1) is 12.7 Å². The van der Waals surface area contributed by atoms with Crippen molar-refractivity contribution in [2.75, 3.05) is 32.9 Å². The molecule has 0 atom stereocenters. The summed E-state index contributed by atoms with van der Waals surface area (Å²) < 4.78 is 40.3. The predicted octanol–water partition coefficient (Wildman–Crippen LogP) is 1.43. The lowest BCUT2D eigenvalue weighted by molar-refractivity contribution is 0.196. The molecule has 1 heterocycles. The molecule has 1 fully saturated rings. The molecule has 0 spiro atoms. The second-order valence-electron chi connectivity index (χ2n) is 5.72. The van der Waals surface area contributed by atoms with Gasteiger partial charge in [-0.05, 0) is 46.0 Å². The molecular formula is C14H22FN3O2S. The zero-order valence-electron chi connectivity index (χ0n) is 12.6. The molecule has 0 saturated carbocycles. The van der Waals surface area contributed by atoms with Crippen LogP contribution in [0.25, 0.3) is 0 Å². The van der Waals surface area contributed by atoms with E-state index in [2.05, 4.69) is 4.90 Å². The molecule has 1 aromatic carbocycles. The van der Waals surface area contributed by atoms with E-state index in [9.17, 15) is 12.8 Å². The molecule has 1 aliphatic rings. The van der Waals surface area contributed by atoms with Crippen molar-refractivity contribution < 1.29 is 12.8 Å². The Hall–Kier alpha value is -1.18. The Morgan fingerprint density at radius 2 is 1.86 bits per heavy atom. The molecule has 21 heavy (non-hydrogen) atoms. The lowest BCUT2D eigenvalue weighted by atomic mass is 10.1. The first-order chi connectivity index (χ1) is 9.73. The lowest BCUT2D eigenvalue weighted by Crippen LogP contribution is -2.44. The molecular weight excluding hydrogens is 293 g/mol. The van der Waals surface area contributed by atoms with Crippen LogP contribution in [0.3, 0.4) is 0 Å². The van der Waals surface area contributed by atoms with Crippen LogP contribution in [0.5, 0.6) is 0 Å². The van der Waals surface area contributed by atoms with Gasteiger partial charge in [-0.2, -0.15) is 4.31 Å². The summed E-state index contributed by atoms with van der Waals surface area (Å²) in [6.45, 7) is 2.42. The Morgan fingerprint density at radius 1 is 1.29 bits per heavy atom. The van der Waals surface area contributed by atoms with E-state index in [0.717, 1.165) is 18.9 Å². The van der Waals surface area contributed by atoms with Crippen LogP contribution in [0.4, 0.5) is 10.1 Å². The average Bonchev–Trinajstić information content (AvgIpc) is 2.44. The Kier molecular flexibility index (Phi) is 4.55. The van der Waals surface area contributed by atoms with E-state index in [1.807, 2.05) is 14.1 Å². The van der Waals surface area contributed by atoms with Crippen LogP contribution >= 0.6 is 0 Å². The van der Waals surface area contributed by atoms with Crippen LogP contribution < -0.4 is 5.73 Å².